The first kappa shape index (κ1) is 91.6. The highest BCUT2D eigenvalue weighted by molar-refractivity contribution is 6.65. The number of hydrogen-bond acceptors (Lipinski definition) is 23. The number of nitrogen functional groups attached to an aromatic ring is 1. The van der Waals surface area contributed by atoms with Crippen LogP contribution >= 0.6 is 11.6 Å². The highest BCUT2D eigenvalue weighted by Gasteiger charge is 2.53. The molecule has 0 aliphatic carbocycles. The van der Waals surface area contributed by atoms with Crippen LogP contribution in [0.2, 0.25) is 5.28 Å². The van der Waals surface area contributed by atoms with Crippen molar-refractivity contribution in [2.45, 2.75) is 184 Å². The van der Waals surface area contributed by atoms with Gasteiger partial charge in [-0.15, -0.1) is 0 Å². The molecule has 1 saturated heterocycles. The van der Waals surface area contributed by atoms with Gasteiger partial charge in [0.15, 0.2) is 23.3 Å². The summed E-state index contributed by atoms with van der Waals surface area (Å²) in [4.78, 5) is 79.2. The number of benzene rings is 3. The third kappa shape index (κ3) is 23.5. The van der Waals surface area contributed by atoms with E-state index in [4.69, 9.17) is 45.6 Å². The summed E-state index contributed by atoms with van der Waals surface area (Å²) in [5.74, 6) is 0.737. The van der Waals surface area contributed by atoms with E-state index in [1.165, 1.54) is 54.6 Å². The Bertz CT molecular complexity index is 5730. The summed E-state index contributed by atoms with van der Waals surface area (Å²) in [7, 11) is -0.357. The van der Waals surface area contributed by atoms with Gasteiger partial charge >= 0.3 is 50.0 Å². The Kier molecular flexibility index (Phi) is 26.4. The van der Waals surface area contributed by atoms with Crippen molar-refractivity contribution in [3.63, 3.8) is 0 Å². The second-order valence-electron chi connectivity index (χ2n) is 32.6. The number of fused-ring (bicyclic) bond motifs is 3. The summed E-state index contributed by atoms with van der Waals surface area (Å²) in [6.07, 6.45) is -12.1. The van der Waals surface area contributed by atoms with Gasteiger partial charge in [0.25, 0.3) is 0 Å². The number of ether oxygens (including phenoxy) is 4. The van der Waals surface area contributed by atoms with E-state index in [0.29, 0.717) is 43.9 Å². The van der Waals surface area contributed by atoms with E-state index in [2.05, 4.69) is 88.8 Å². The van der Waals surface area contributed by atoms with Gasteiger partial charge in [-0.3, -0.25) is 0 Å². The number of nitrogens with two attached hydrogens (primary N) is 1. The van der Waals surface area contributed by atoms with Crippen molar-refractivity contribution in [3.05, 3.63) is 203 Å². The van der Waals surface area contributed by atoms with Crippen LogP contribution in [-0.4, -0.2) is 124 Å². The van der Waals surface area contributed by atoms with E-state index >= 15 is 0 Å². The van der Waals surface area contributed by atoms with E-state index < -0.39 is 82.0 Å². The van der Waals surface area contributed by atoms with E-state index in [0.717, 1.165) is 69.8 Å². The first-order valence-corrected chi connectivity index (χ1v) is 38.0. The van der Waals surface area contributed by atoms with Crippen LogP contribution in [0.1, 0.15) is 145 Å². The quantitative estimate of drug-likeness (QED) is 0.0404. The van der Waals surface area contributed by atoms with Crippen LogP contribution in [0.15, 0.2) is 164 Å². The Morgan fingerprint density at radius 3 is 1.07 bits per heavy atom. The number of nitrogens with one attached hydrogen (secondary N) is 3. The van der Waals surface area contributed by atoms with Gasteiger partial charge in [-0.2, -0.15) is 69.6 Å². The molecule has 3 aromatic carbocycles. The van der Waals surface area contributed by atoms with Gasteiger partial charge in [0, 0.05) is 59.3 Å². The lowest BCUT2D eigenvalue weighted by molar-refractivity contribution is -0.138. The summed E-state index contributed by atoms with van der Waals surface area (Å²) in [6, 6.07) is 34.2. The summed E-state index contributed by atoms with van der Waals surface area (Å²) in [6.45, 7) is 33.4. The zero-order valence-corrected chi connectivity index (χ0v) is 70.6. The number of hydrogen-bond donors (Lipinski definition) is 4. The van der Waals surface area contributed by atoms with Gasteiger partial charge in [-0.05, 0) is 252 Å². The van der Waals surface area contributed by atoms with E-state index in [9.17, 15) is 58.7 Å². The van der Waals surface area contributed by atoms with E-state index in [1.807, 2.05) is 67.2 Å². The normalized spacial score (nSPS) is 13.5. The lowest BCUT2D eigenvalue weighted by Gasteiger charge is -2.32. The number of pyridine rings is 3. The van der Waals surface area contributed by atoms with Crippen molar-refractivity contribution in [1.82, 2.24) is 58.7 Å². The maximum atomic E-state index is 13.4. The highest BCUT2D eigenvalue weighted by atomic mass is 35.5. The first-order chi connectivity index (χ1) is 56.5. The van der Waals surface area contributed by atoms with Gasteiger partial charge in [-0.1, -0.05) is 18.2 Å². The number of amides is 4. The molecule has 9 aromatic heterocycles. The second-order valence-corrected chi connectivity index (χ2v) is 32.9. The van der Waals surface area contributed by atoms with Crippen LogP contribution in [0.5, 0.6) is 0 Å². The Balaban J connectivity index is 0.000000176. The molecule has 4 amide bonds. The Morgan fingerprint density at radius 2 is 0.721 bits per heavy atom. The van der Waals surface area contributed by atoms with Gasteiger partial charge in [0.2, 0.25) is 5.28 Å². The molecule has 1 aliphatic heterocycles. The zero-order valence-electron chi connectivity index (χ0n) is 69.9. The minimum absolute atomic E-state index is 0.0156. The van der Waals surface area contributed by atoms with Crippen molar-refractivity contribution in [3.8, 4) is 22.8 Å². The molecule has 0 saturated carbocycles. The minimum Gasteiger partial charge on any atom is -0.443 e. The molecule has 5 N–H and O–H groups in total. The minimum atomic E-state index is -4.50. The molecule has 1 fully saturated rings. The lowest BCUT2D eigenvalue weighted by Crippen LogP contribution is -2.44. The number of anilines is 9. The van der Waals surface area contributed by atoms with Crippen LogP contribution in [0, 0.1) is 20.8 Å². The van der Waals surface area contributed by atoms with E-state index in [1.54, 1.807) is 123 Å². The number of aromatic nitrogens is 12. The average Bonchev–Trinajstić information content (AvgIpc) is 1.64. The number of rotatable bonds is 11. The fourth-order valence-corrected chi connectivity index (χ4v) is 11.7. The SMILES string of the molecule is CC(C)(C)OC(=O)N(C(=O)OC(C)(C)C)c1cc(Nc2ccc(C(F)(F)F)cc2)nc(Cl)n1.Cc1nn2ccccc2c1-c1nc(N)cc(Nc2ccc(C(F)(F)F)cc2)n1.Cc1nn2ccccc2c1-c1nc(Nc2ccc(C(F)(F)F)cc2)cc(N(C(=O)OC(C)(C)C)C(=O)OC(C)(C)C)n1.Cc1nn2ccccc2c1B1OC(C)(C)C(C)(C)O1. The standard InChI is InChI=1S/C29H31F3N6O4.C21H24ClF3N4O4.C19H15F3N6.C14H19BN2O2/c1-17-23(20-10-8-9-15-37(20)36-17)24-34-21(33-19-13-11-18(12-14-19)29(30,31)32)16-22(35-24)38(25(39)41-27(2,3)4)26(40)42-28(5,6)7;1-19(2,3)32-17(30)29(18(31)33-20(4,5)6)15-11-14(27-16(22)28-15)26-13-9-7-12(8-10-13)21(23,24)25;1-11-17(14-4-2-3-9-28(14)27-11)18-25-15(23)10-16(26-18)24-13-7-5-12(6-8-13)19(20,21)22;1-10-12(11-8-6-7-9-17(11)16-10)15-18-13(2,3)14(4,5)19-15/h8-16H,1-7H3,(H,33,34,35);7-11H,1-6H3,(H,26,27,28);2-10H,1H3,(H3,23,24,25,26);6-9H,1-5H3. The van der Waals surface area contributed by atoms with E-state index in [-0.39, 0.29) is 69.9 Å². The van der Waals surface area contributed by atoms with Gasteiger partial charge in [0.05, 0.1) is 72.7 Å². The molecular formula is C83H89BClF9N18O10. The summed E-state index contributed by atoms with van der Waals surface area (Å²) in [5.41, 5.74) is 7.13. The number of halogens is 10. The molecule has 12 aromatic rings. The smallest absolute Gasteiger partial charge is 0.443 e. The number of alkyl halides is 9. The third-order valence-corrected chi connectivity index (χ3v) is 17.7. The first-order valence-electron chi connectivity index (χ1n) is 37.6. The van der Waals surface area contributed by atoms with Gasteiger partial charge in [0.1, 0.15) is 45.7 Å². The van der Waals surface area contributed by atoms with Gasteiger partial charge < -0.3 is 49.9 Å². The predicted octanol–water partition coefficient (Wildman–Crippen LogP) is 20.5. The number of nitrogens with zero attached hydrogens (tertiary/aromatic N) is 14. The van der Waals surface area contributed by atoms with Crippen LogP contribution < -0.4 is 36.9 Å². The predicted molar refractivity (Wildman–Crippen MR) is 443 cm³/mol. The van der Waals surface area contributed by atoms with Crippen molar-refractivity contribution in [2.24, 2.45) is 0 Å². The maximum Gasteiger partial charge on any atom is 0.499 e. The number of imide groups is 2. The number of aryl methyl sites for hydroxylation is 3. The molecule has 0 atom stereocenters. The monoisotopic (exact) mass is 1710 g/mol. The topological polar surface area (TPSA) is 321 Å². The van der Waals surface area contributed by atoms with Crippen molar-refractivity contribution >= 4 is 117 Å². The van der Waals surface area contributed by atoms with Crippen molar-refractivity contribution in [1.29, 1.82) is 0 Å². The van der Waals surface area contributed by atoms with Crippen molar-refractivity contribution in [2.75, 3.05) is 31.5 Å². The van der Waals surface area contributed by atoms with Crippen LogP contribution in [0.25, 0.3) is 39.3 Å². The Labute approximate surface area is 700 Å². The van der Waals surface area contributed by atoms with Crippen LogP contribution in [0.4, 0.5) is 111 Å². The molecule has 0 spiro atoms. The largest absolute Gasteiger partial charge is 0.499 e. The summed E-state index contributed by atoms with van der Waals surface area (Å²) < 4.78 is 155. The maximum absolute atomic E-state index is 13.4. The fraction of sp³-hybridized carbons (Fsp3) is 0.337. The molecule has 0 bridgehead atoms. The summed E-state index contributed by atoms with van der Waals surface area (Å²) in [5, 5.41) is 21.8. The molecule has 39 heteroatoms. The Hall–Kier alpha value is -12.7. The molecule has 0 unspecified atom stereocenters. The number of carbonyl (C=O) groups excluding carboxylic acids is 4. The molecule has 1 aliphatic rings. The van der Waals surface area contributed by atoms with Gasteiger partial charge in [-0.25, -0.2) is 57.6 Å². The highest BCUT2D eigenvalue weighted by Crippen LogP contribution is 2.40. The molecule has 0 radical (unpaired) electrons. The molecular weight excluding hydrogens is 1630 g/mol. The average molecular weight is 1720 g/mol. The summed E-state index contributed by atoms with van der Waals surface area (Å²) >= 11 is 5.98. The molecule has 28 nitrogen and oxygen atoms in total. The molecule has 122 heavy (non-hydrogen) atoms. The molecule has 13 rings (SSSR count). The van der Waals surface area contributed by atoms with Crippen LogP contribution in [0.3, 0.4) is 0 Å². The lowest BCUT2D eigenvalue weighted by atomic mass is 9.78. The van der Waals surface area contributed by atoms with Crippen LogP contribution in [-0.2, 0) is 46.8 Å². The number of carbonyl (C=O) groups is 4. The Morgan fingerprint density at radius 1 is 0.418 bits per heavy atom. The zero-order chi connectivity index (χ0) is 89.9. The molecule has 10 heterocycles. The third-order valence-electron chi connectivity index (χ3n) is 17.5. The second kappa shape index (κ2) is 35.2. The van der Waals surface area contributed by atoms with Crippen molar-refractivity contribution < 1.29 is 86.9 Å². The molecule has 644 valence electrons. The fourth-order valence-electron chi connectivity index (χ4n) is 11.5.